The van der Waals surface area contributed by atoms with Crippen LogP contribution in [0.25, 0.3) is 0 Å². The van der Waals surface area contributed by atoms with E-state index in [0.717, 1.165) is 0 Å². The first-order chi connectivity index (χ1) is 6.60. The van der Waals surface area contributed by atoms with E-state index in [-0.39, 0.29) is 6.61 Å². The van der Waals surface area contributed by atoms with Gasteiger partial charge in [-0.1, -0.05) is 23.2 Å². The summed E-state index contributed by atoms with van der Waals surface area (Å²) in [6.07, 6.45) is 0. The smallest absolute Gasteiger partial charge is 0.142 e. The maximum atomic E-state index is 8.92. The fourth-order valence-corrected chi connectivity index (χ4v) is 1.76. The Morgan fingerprint density at radius 2 is 2.14 bits per heavy atom. The fourth-order valence-electron chi connectivity index (χ4n) is 1.17. The van der Waals surface area contributed by atoms with Crippen LogP contribution in [-0.4, -0.2) is 18.8 Å². The summed E-state index contributed by atoms with van der Waals surface area (Å²) < 4.78 is 5.07. The van der Waals surface area contributed by atoms with Crippen molar-refractivity contribution in [1.82, 2.24) is 0 Å². The van der Waals surface area contributed by atoms with Gasteiger partial charge in [0.1, 0.15) is 5.75 Å². The van der Waals surface area contributed by atoms with Crippen LogP contribution in [0.1, 0.15) is 11.6 Å². The number of hydrogen-bond donors (Lipinski definition) is 2. The number of methoxy groups -OCH3 is 1. The summed E-state index contributed by atoms with van der Waals surface area (Å²) in [5, 5.41) is 9.78. The molecule has 3 N–H and O–H groups in total. The van der Waals surface area contributed by atoms with E-state index in [4.69, 9.17) is 38.8 Å². The average Bonchev–Trinajstić information content (AvgIpc) is 2.15. The Hall–Kier alpha value is -0.480. The van der Waals surface area contributed by atoms with Crippen molar-refractivity contribution in [3.63, 3.8) is 0 Å². The molecular formula is C9H11Cl2NO2. The van der Waals surface area contributed by atoms with E-state index in [1.807, 2.05) is 0 Å². The number of aliphatic hydroxyl groups excluding tert-OH is 1. The molecule has 0 saturated heterocycles. The fraction of sp³-hybridized carbons (Fsp3) is 0.333. The summed E-state index contributed by atoms with van der Waals surface area (Å²) in [6, 6.07) is 2.66. The lowest BCUT2D eigenvalue weighted by Gasteiger charge is -2.15. The summed E-state index contributed by atoms with van der Waals surface area (Å²) >= 11 is 11.7. The van der Waals surface area contributed by atoms with Gasteiger partial charge in [0.25, 0.3) is 0 Å². The zero-order chi connectivity index (χ0) is 10.7. The minimum atomic E-state index is -0.541. The molecule has 3 nitrogen and oxygen atoms in total. The van der Waals surface area contributed by atoms with Crippen molar-refractivity contribution in [1.29, 1.82) is 0 Å². The van der Waals surface area contributed by atoms with Gasteiger partial charge in [0.05, 0.1) is 24.8 Å². The lowest BCUT2D eigenvalue weighted by molar-refractivity contribution is 0.264. The molecule has 1 aromatic rings. The first-order valence-electron chi connectivity index (χ1n) is 3.99. The lowest BCUT2D eigenvalue weighted by Crippen LogP contribution is -2.15. The molecule has 1 atom stereocenters. The predicted molar refractivity (Wildman–Crippen MR) is 57.0 cm³/mol. The summed E-state index contributed by atoms with van der Waals surface area (Å²) in [6.45, 7) is -0.187. The SMILES string of the molecule is COc1c(Cl)cc(Cl)cc1[C@H](N)CO. The number of ether oxygens (including phenoxy) is 1. The molecule has 78 valence electrons. The van der Waals surface area contributed by atoms with Crippen molar-refractivity contribution < 1.29 is 9.84 Å². The average molecular weight is 236 g/mol. The van der Waals surface area contributed by atoms with Crippen LogP contribution in [0.5, 0.6) is 5.75 Å². The molecule has 14 heavy (non-hydrogen) atoms. The van der Waals surface area contributed by atoms with Crippen LogP contribution in [0, 0.1) is 0 Å². The molecule has 0 aromatic heterocycles. The highest BCUT2D eigenvalue weighted by atomic mass is 35.5. The molecule has 5 heteroatoms. The molecule has 0 aliphatic heterocycles. The van der Waals surface area contributed by atoms with E-state index in [0.29, 0.717) is 21.4 Å². The Morgan fingerprint density at radius 1 is 1.50 bits per heavy atom. The van der Waals surface area contributed by atoms with Crippen LogP contribution in [0.2, 0.25) is 10.0 Å². The summed E-state index contributed by atoms with van der Waals surface area (Å²) in [5.74, 6) is 0.456. The third kappa shape index (κ3) is 2.30. The van der Waals surface area contributed by atoms with Crippen molar-refractivity contribution >= 4 is 23.2 Å². The van der Waals surface area contributed by atoms with Gasteiger partial charge in [-0.25, -0.2) is 0 Å². The van der Waals surface area contributed by atoms with E-state index in [1.165, 1.54) is 7.11 Å². The number of nitrogens with two attached hydrogens (primary N) is 1. The van der Waals surface area contributed by atoms with E-state index < -0.39 is 6.04 Å². The molecule has 0 aliphatic carbocycles. The second-order valence-electron chi connectivity index (χ2n) is 2.80. The predicted octanol–water partition coefficient (Wildman–Crippen LogP) is 1.99. The Balaban J connectivity index is 3.24. The van der Waals surface area contributed by atoms with Crippen LogP contribution < -0.4 is 10.5 Å². The quantitative estimate of drug-likeness (QED) is 0.843. The van der Waals surface area contributed by atoms with Gasteiger partial charge in [0.2, 0.25) is 0 Å². The normalized spacial score (nSPS) is 12.6. The van der Waals surface area contributed by atoms with Crippen LogP contribution in [0.4, 0.5) is 0 Å². The van der Waals surface area contributed by atoms with Crippen LogP contribution in [0.3, 0.4) is 0 Å². The topological polar surface area (TPSA) is 55.5 Å². The monoisotopic (exact) mass is 235 g/mol. The maximum Gasteiger partial charge on any atom is 0.142 e. The van der Waals surface area contributed by atoms with E-state index in [1.54, 1.807) is 12.1 Å². The zero-order valence-corrected chi connectivity index (χ0v) is 9.14. The van der Waals surface area contributed by atoms with Gasteiger partial charge in [0, 0.05) is 10.6 Å². The van der Waals surface area contributed by atoms with E-state index >= 15 is 0 Å². The van der Waals surface area contributed by atoms with Gasteiger partial charge in [-0.15, -0.1) is 0 Å². The molecule has 0 unspecified atom stereocenters. The zero-order valence-electron chi connectivity index (χ0n) is 7.63. The molecule has 0 aliphatic rings. The lowest BCUT2D eigenvalue weighted by atomic mass is 10.1. The maximum absolute atomic E-state index is 8.92. The second-order valence-corrected chi connectivity index (χ2v) is 3.64. The van der Waals surface area contributed by atoms with Gasteiger partial charge < -0.3 is 15.6 Å². The molecule has 0 fully saturated rings. The number of benzene rings is 1. The molecular weight excluding hydrogens is 225 g/mol. The van der Waals surface area contributed by atoms with Crippen molar-refractivity contribution in [3.8, 4) is 5.75 Å². The Labute approximate surface area is 92.4 Å². The molecule has 0 heterocycles. The first kappa shape index (κ1) is 11.6. The molecule has 0 spiro atoms. The highest BCUT2D eigenvalue weighted by molar-refractivity contribution is 6.35. The van der Waals surface area contributed by atoms with E-state index in [2.05, 4.69) is 0 Å². The Bertz CT molecular complexity index is 331. The molecule has 0 amide bonds. The van der Waals surface area contributed by atoms with Crippen molar-refractivity contribution in [2.45, 2.75) is 6.04 Å². The third-order valence-corrected chi connectivity index (χ3v) is 2.34. The number of aliphatic hydroxyl groups is 1. The summed E-state index contributed by atoms with van der Waals surface area (Å²) in [5.41, 5.74) is 6.27. The Kier molecular flexibility index (Phi) is 4.01. The number of halogens is 2. The molecule has 0 radical (unpaired) electrons. The van der Waals surface area contributed by atoms with Gasteiger partial charge >= 0.3 is 0 Å². The second kappa shape index (κ2) is 4.84. The number of rotatable bonds is 3. The van der Waals surface area contributed by atoms with Gasteiger partial charge in [0.15, 0.2) is 0 Å². The highest BCUT2D eigenvalue weighted by Gasteiger charge is 2.15. The number of hydrogen-bond acceptors (Lipinski definition) is 3. The summed E-state index contributed by atoms with van der Waals surface area (Å²) in [4.78, 5) is 0. The van der Waals surface area contributed by atoms with Crippen molar-refractivity contribution in [3.05, 3.63) is 27.7 Å². The summed E-state index contributed by atoms with van der Waals surface area (Å²) in [7, 11) is 1.49. The molecule has 1 rings (SSSR count). The molecule has 0 bridgehead atoms. The van der Waals surface area contributed by atoms with Crippen molar-refractivity contribution in [2.75, 3.05) is 13.7 Å². The van der Waals surface area contributed by atoms with Crippen molar-refractivity contribution in [2.24, 2.45) is 5.73 Å². The highest BCUT2D eigenvalue weighted by Crippen LogP contribution is 2.34. The van der Waals surface area contributed by atoms with Crippen LogP contribution in [-0.2, 0) is 0 Å². The third-order valence-electron chi connectivity index (χ3n) is 1.84. The largest absolute Gasteiger partial charge is 0.495 e. The van der Waals surface area contributed by atoms with Gasteiger partial charge in [-0.05, 0) is 12.1 Å². The molecule has 1 aromatic carbocycles. The van der Waals surface area contributed by atoms with E-state index in [9.17, 15) is 0 Å². The van der Waals surface area contributed by atoms with Crippen LogP contribution >= 0.6 is 23.2 Å². The standard InChI is InChI=1S/C9H11Cl2NO2/c1-14-9-6(8(12)4-13)2-5(10)3-7(9)11/h2-3,8,13H,4,12H2,1H3/t8-/m1/s1. The minimum absolute atomic E-state index is 0.187. The van der Waals surface area contributed by atoms with Gasteiger partial charge in [-0.3, -0.25) is 0 Å². The van der Waals surface area contributed by atoms with Crippen LogP contribution in [0.15, 0.2) is 12.1 Å². The van der Waals surface area contributed by atoms with Gasteiger partial charge in [-0.2, -0.15) is 0 Å². The Morgan fingerprint density at radius 3 is 2.64 bits per heavy atom. The first-order valence-corrected chi connectivity index (χ1v) is 4.75. The molecule has 0 saturated carbocycles. The minimum Gasteiger partial charge on any atom is -0.495 e.